The fourth-order valence-electron chi connectivity index (χ4n) is 3.52. The number of hydrogen-bond donors (Lipinski definition) is 2. The third kappa shape index (κ3) is 5.67. The maximum atomic E-state index is 13.1. The van der Waals surface area contributed by atoms with Crippen molar-refractivity contribution in [3.8, 4) is 0 Å². The summed E-state index contributed by atoms with van der Waals surface area (Å²) in [7, 11) is 0. The van der Waals surface area contributed by atoms with E-state index in [2.05, 4.69) is 10.6 Å². The van der Waals surface area contributed by atoms with Crippen molar-refractivity contribution in [1.82, 2.24) is 0 Å². The van der Waals surface area contributed by atoms with Crippen LogP contribution in [0.15, 0.2) is 77.5 Å². The molecule has 0 spiro atoms. The third-order valence-corrected chi connectivity index (χ3v) is 6.52. The lowest BCUT2D eigenvalue weighted by atomic mass is 10.2. The Balaban J connectivity index is 1.45. The quantitative estimate of drug-likeness (QED) is 0.256. The first-order valence-corrected chi connectivity index (χ1v) is 12.4. The first kappa shape index (κ1) is 27.2. The molecule has 38 heavy (non-hydrogen) atoms. The Morgan fingerprint density at radius 3 is 2.11 bits per heavy atom. The standard InChI is InChI=1S/C27H20Cl3N3O5/c1-14(2)38-27(37)16-8-12-18(13-9-16)33-25(35)22(30)23(26(33)36)31-17-10-6-15(7-11-17)24(34)32-20-5-3-4-19(28)21(20)29/h3-14,31H,1-2H3,(H,32,34). The van der Waals surface area contributed by atoms with E-state index in [1.165, 1.54) is 36.4 Å². The Kier molecular flexibility index (Phi) is 8.06. The van der Waals surface area contributed by atoms with Gasteiger partial charge in [0, 0.05) is 11.3 Å². The van der Waals surface area contributed by atoms with Crippen molar-refractivity contribution < 1.29 is 23.9 Å². The van der Waals surface area contributed by atoms with E-state index in [0.717, 1.165) is 4.90 Å². The summed E-state index contributed by atoms with van der Waals surface area (Å²) < 4.78 is 5.15. The molecule has 1 heterocycles. The number of anilines is 3. The minimum Gasteiger partial charge on any atom is -0.459 e. The van der Waals surface area contributed by atoms with Crippen molar-refractivity contribution in [1.29, 1.82) is 0 Å². The second-order valence-corrected chi connectivity index (χ2v) is 9.56. The number of benzene rings is 3. The molecule has 0 unspecified atom stereocenters. The van der Waals surface area contributed by atoms with Gasteiger partial charge in [0.1, 0.15) is 10.7 Å². The number of carbonyl (C=O) groups is 4. The Labute approximate surface area is 233 Å². The van der Waals surface area contributed by atoms with Gasteiger partial charge in [-0.05, 0) is 74.5 Å². The van der Waals surface area contributed by atoms with Crippen LogP contribution < -0.4 is 15.5 Å². The molecule has 0 aromatic heterocycles. The number of esters is 1. The molecule has 0 saturated carbocycles. The summed E-state index contributed by atoms with van der Waals surface area (Å²) in [5.74, 6) is -2.32. The maximum Gasteiger partial charge on any atom is 0.338 e. The highest BCUT2D eigenvalue weighted by atomic mass is 35.5. The summed E-state index contributed by atoms with van der Waals surface area (Å²) in [5, 5.41) is 5.77. The summed E-state index contributed by atoms with van der Waals surface area (Å²) in [5.41, 5.74) is 1.50. The van der Waals surface area contributed by atoms with Crippen LogP contribution >= 0.6 is 34.8 Å². The Bertz CT molecular complexity index is 1470. The smallest absolute Gasteiger partial charge is 0.338 e. The molecule has 11 heteroatoms. The number of halogens is 3. The zero-order valence-electron chi connectivity index (χ0n) is 20.1. The molecule has 8 nitrogen and oxygen atoms in total. The number of imide groups is 1. The molecule has 0 aliphatic carbocycles. The van der Waals surface area contributed by atoms with E-state index in [1.807, 2.05) is 0 Å². The van der Waals surface area contributed by atoms with Crippen LogP contribution in [-0.2, 0) is 14.3 Å². The fraction of sp³-hybridized carbons (Fsp3) is 0.111. The molecule has 3 amide bonds. The monoisotopic (exact) mass is 571 g/mol. The lowest BCUT2D eigenvalue weighted by molar-refractivity contribution is -0.120. The highest BCUT2D eigenvalue weighted by molar-refractivity contribution is 6.53. The molecule has 0 atom stereocenters. The van der Waals surface area contributed by atoms with E-state index >= 15 is 0 Å². The molecule has 0 saturated heterocycles. The minimum atomic E-state index is -0.717. The van der Waals surface area contributed by atoms with Gasteiger partial charge in [-0.1, -0.05) is 40.9 Å². The largest absolute Gasteiger partial charge is 0.459 e. The average molecular weight is 573 g/mol. The lowest BCUT2D eigenvalue weighted by Gasteiger charge is -2.16. The van der Waals surface area contributed by atoms with Crippen molar-refractivity contribution in [3.05, 3.63) is 98.6 Å². The van der Waals surface area contributed by atoms with Crippen LogP contribution in [0.2, 0.25) is 10.0 Å². The summed E-state index contributed by atoms with van der Waals surface area (Å²) in [6.45, 7) is 3.46. The maximum absolute atomic E-state index is 13.1. The van der Waals surface area contributed by atoms with E-state index < -0.39 is 23.7 Å². The average Bonchev–Trinajstić information content (AvgIpc) is 3.09. The van der Waals surface area contributed by atoms with Crippen LogP contribution in [0.5, 0.6) is 0 Å². The SMILES string of the molecule is CC(C)OC(=O)c1ccc(N2C(=O)C(Cl)=C(Nc3ccc(C(=O)Nc4cccc(Cl)c4Cl)cc3)C2=O)cc1. The van der Waals surface area contributed by atoms with Gasteiger partial charge >= 0.3 is 5.97 Å². The van der Waals surface area contributed by atoms with Crippen LogP contribution in [0.1, 0.15) is 34.6 Å². The second-order valence-electron chi connectivity index (χ2n) is 8.39. The fourth-order valence-corrected chi connectivity index (χ4v) is 4.08. The normalized spacial score (nSPS) is 13.3. The molecule has 0 radical (unpaired) electrons. The number of nitrogens with one attached hydrogen (secondary N) is 2. The van der Waals surface area contributed by atoms with E-state index in [-0.39, 0.29) is 33.1 Å². The minimum absolute atomic E-state index is 0.122. The molecule has 1 aliphatic rings. The van der Waals surface area contributed by atoms with Gasteiger partial charge in [0.25, 0.3) is 17.7 Å². The molecule has 3 aromatic rings. The Hall–Kier alpha value is -3.85. The third-order valence-electron chi connectivity index (χ3n) is 5.35. The van der Waals surface area contributed by atoms with Crippen molar-refractivity contribution in [2.45, 2.75) is 20.0 Å². The summed E-state index contributed by atoms with van der Waals surface area (Å²) >= 11 is 18.3. The summed E-state index contributed by atoms with van der Waals surface area (Å²) in [6.07, 6.45) is -0.287. The lowest BCUT2D eigenvalue weighted by Crippen LogP contribution is -2.32. The predicted molar refractivity (Wildman–Crippen MR) is 147 cm³/mol. The molecule has 0 bridgehead atoms. The number of nitrogens with zero attached hydrogens (tertiary/aromatic N) is 1. The molecule has 194 valence electrons. The van der Waals surface area contributed by atoms with E-state index in [9.17, 15) is 19.2 Å². The van der Waals surface area contributed by atoms with Gasteiger partial charge in [0.15, 0.2) is 0 Å². The second kappa shape index (κ2) is 11.3. The van der Waals surface area contributed by atoms with Gasteiger partial charge < -0.3 is 15.4 Å². The first-order chi connectivity index (χ1) is 18.1. The number of hydrogen-bond acceptors (Lipinski definition) is 6. The molecular weight excluding hydrogens is 553 g/mol. The summed E-state index contributed by atoms with van der Waals surface area (Å²) in [4.78, 5) is 51.4. The van der Waals surface area contributed by atoms with E-state index in [1.54, 1.807) is 44.2 Å². The van der Waals surface area contributed by atoms with Gasteiger partial charge in [0.2, 0.25) is 0 Å². The highest BCUT2D eigenvalue weighted by Crippen LogP contribution is 2.31. The molecule has 4 rings (SSSR count). The van der Waals surface area contributed by atoms with E-state index in [0.29, 0.717) is 22.0 Å². The van der Waals surface area contributed by atoms with Gasteiger partial charge in [-0.25, -0.2) is 9.69 Å². The van der Waals surface area contributed by atoms with Gasteiger partial charge in [0.05, 0.1) is 33.1 Å². The molecule has 0 fully saturated rings. The van der Waals surface area contributed by atoms with Crippen molar-refractivity contribution in [2.75, 3.05) is 15.5 Å². The van der Waals surface area contributed by atoms with Gasteiger partial charge in [-0.15, -0.1) is 0 Å². The number of amides is 3. The van der Waals surface area contributed by atoms with Crippen LogP contribution in [0.25, 0.3) is 0 Å². The molecule has 1 aliphatic heterocycles. The molecule has 3 aromatic carbocycles. The van der Waals surface area contributed by atoms with Crippen LogP contribution in [-0.4, -0.2) is 29.8 Å². The first-order valence-electron chi connectivity index (χ1n) is 11.3. The van der Waals surface area contributed by atoms with Gasteiger partial charge in [-0.3, -0.25) is 14.4 Å². The molecular formula is C27H20Cl3N3O5. The van der Waals surface area contributed by atoms with Crippen molar-refractivity contribution in [2.24, 2.45) is 0 Å². The van der Waals surface area contributed by atoms with Crippen LogP contribution in [0, 0.1) is 0 Å². The van der Waals surface area contributed by atoms with Crippen LogP contribution in [0.3, 0.4) is 0 Å². The van der Waals surface area contributed by atoms with Crippen molar-refractivity contribution in [3.63, 3.8) is 0 Å². The number of carbonyl (C=O) groups excluding carboxylic acids is 4. The van der Waals surface area contributed by atoms with Crippen molar-refractivity contribution >= 4 is 75.6 Å². The van der Waals surface area contributed by atoms with Crippen LogP contribution in [0.4, 0.5) is 17.1 Å². The number of rotatable bonds is 7. The zero-order chi connectivity index (χ0) is 27.6. The number of ether oxygens (including phenoxy) is 1. The zero-order valence-corrected chi connectivity index (χ0v) is 22.3. The van der Waals surface area contributed by atoms with Gasteiger partial charge in [-0.2, -0.15) is 0 Å². The van der Waals surface area contributed by atoms with E-state index in [4.69, 9.17) is 39.5 Å². The topological polar surface area (TPSA) is 105 Å². The highest BCUT2D eigenvalue weighted by Gasteiger charge is 2.39. The predicted octanol–water partition coefficient (Wildman–Crippen LogP) is 6.25. The molecule has 2 N–H and O–H groups in total. The summed E-state index contributed by atoms with van der Waals surface area (Å²) in [6, 6.07) is 16.9. The Morgan fingerprint density at radius 2 is 1.47 bits per heavy atom. The Morgan fingerprint density at radius 1 is 0.842 bits per heavy atom.